The molecule has 0 aliphatic carbocycles. The van der Waals surface area contributed by atoms with Crippen LogP contribution in [0.4, 0.5) is 0 Å². The Kier molecular flexibility index (Phi) is 10.7. The zero-order valence-corrected chi connectivity index (χ0v) is 21.7. The monoisotopic (exact) mass is 544 g/mol. The van der Waals surface area contributed by atoms with Gasteiger partial charge in [0.15, 0.2) is 0 Å². The van der Waals surface area contributed by atoms with Gasteiger partial charge in [-0.05, 0) is 55.7 Å². The summed E-state index contributed by atoms with van der Waals surface area (Å²) < 4.78 is 0.933. The normalized spacial score (nSPS) is 12.8. The average molecular weight is 546 g/mol. The van der Waals surface area contributed by atoms with Crippen LogP contribution in [0.25, 0.3) is 0 Å². The molecule has 2 amide bonds. The minimum atomic E-state index is -0.578. The Bertz CT molecular complexity index is 913. The summed E-state index contributed by atoms with van der Waals surface area (Å²) in [5.41, 5.74) is 1.95. The third-order valence-electron chi connectivity index (χ3n) is 4.89. The second-order valence-electron chi connectivity index (χ2n) is 7.39. The lowest BCUT2D eigenvalue weighted by Crippen LogP contribution is -2.50. The highest BCUT2D eigenvalue weighted by molar-refractivity contribution is 9.10. The Morgan fingerprint density at radius 2 is 1.84 bits per heavy atom. The van der Waals surface area contributed by atoms with Gasteiger partial charge in [0.1, 0.15) is 6.04 Å². The Labute approximate surface area is 207 Å². The molecule has 4 nitrogen and oxygen atoms in total. The van der Waals surface area contributed by atoms with Gasteiger partial charge in [0.05, 0.1) is 15.8 Å². The molecule has 31 heavy (non-hydrogen) atoms. The highest BCUT2D eigenvalue weighted by Gasteiger charge is 2.26. The average Bonchev–Trinajstić information content (AvgIpc) is 2.73. The summed E-state index contributed by atoms with van der Waals surface area (Å²) in [6.45, 7) is 6.11. The van der Waals surface area contributed by atoms with Crippen molar-refractivity contribution in [1.82, 2.24) is 10.2 Å². The van der Waals surface area contributed by atoms with Crippen molar-refractivity contribution >= 4 is 62.7 Å². The predicted octanol–water partition coefficient (Wildman–Crippen LogP) is 6.32. The molecule has 2 aromatic carbocycles. The Morgan fingerprint density at radius 1 is 1.10 bits per heavy atom. The summed E-state index contributed by atoms with van der Waals surface area (Å²) in [6, 6.07) is 12.7. The molecule has 8 heteroatoms. The summed E-state index contributed by atoms with van der Waals surface area (Å²) in [4.78, 5) is 27.5. The van der Waals surface area contributed by atoms with E-state index in [4.69, 9.17) is 23.2 Å². The largest absolute Gasteiger partial charge is 0.352 e. The second kappa shape index (κ2) is 12.7. The van der Waals surface area contributed by atoms with Crippen LogP contribution in [0, 0.1) is 0 Å². The molecule has 0 bridgehead atoms. The SMILES string of the molecule is CC[C@@H](C)NC(=O)[C@H](C)N(Cc1cccc(Br)c1)C(=O)CSCc1ccc(Cl)c(Cl)c1. The van der Waals surface area contributed by atoms with E-state index in [-0.39, 0.29) is 23.6 Å². The fourth-order valence-corrected chi connectivity index (χ4v) is 4.47. The van der Waals surface area contributed by atoms with Gasteiger partial charge < -0.3 is 10.2 Å². The minimum absolute atomic E-state index is 0.0572. The van der Waals surface area contributed by atoms with E-state index in [0.717, 1.165) is 22.0 Å². The maximum atomic E-state index is 13.1. The molecule has 0 spiro atoms. The van der Waals surface area contributed by atoms with Crippen molar-refractivity contribution in [2.24, 2.45) is 0 Å². The van der Waals surface area contributed by atoms with E-state index < -0.39 is 6.04 Å². The molecule has 0 saturated heterocycles. The number of halogens is 3. The van der Waals surface area contributed by atoms with E-state index >= 15 is 0 Å². The lowest BCUT2D eigenvalue weighted by atomic mass is 10.1. The van der Waals surface area contributed by atoms with Gasteiger partial charge >= 0.3 is 0 Å². The fraction of sp³-hybridized carbons (Fsp3) is 0.391. The van der Waals surface area contributed by atoms with Gasteiger partial charge in [-0.25, -0.2) is 0 Å². The summed E-state index contributed by atoms with van der Waals surface area (Å²) in [5.74, 6) is 0.653. The molecule has 1 N–H and O–H groups in total. The summed E-state index contributed by atoms with van der Waals surface area (Å²) in [6.07, 6.45) is 0.831. The highest BCUT2D eigenvalue weighted by atomic mass is 79.9. The topological polar surface area (TPSA) is 49.4 Å². The molecule has 0 radical (unpaired) electrons. The number of carbonyl (C=O) groups excluding carboxylic acids is 2. The Balaban J connectivity index is 2.08. The summed E-state index contributed by atoms with van der Waals surface area (Å²) >= 11 is 17.0. The number of thioether (sulfide) groups is 1. The Hall–Kier alpha value is -1.21. The van der Waals surface area contributed by atoms with Gasteiger partial charge in [-0.1, -0.05) is 64.3 Å². The number of benzene rings is 2. The third-order valence-corrected chi connectivity index (χ3v) is 7.11. The van der Waals surface area contributed by atoms with Gasteiger partial charge in [0, 0.05) is 22.8 Å². The lowest BCUT2D eigenvalue weighted by molar-refractivity contribution is -0.138. The van der Waals surface area contributed by atoms with Crippen LogP contribution >= 0.6 is 50.9 Å². The van der Waals surface area contributed by atoms with E-state index in [1.165, 1.54) is 11.8 Å². The first-order valence-electron chi connectivity index (χ1n) is 10.1. The van der Waals surface area contributed by atoms with Crippen LogP contribution in [0.3, 0.4) is 0 Å². The number of nitrogens with one attached hydrogen (secondary N) is 1. The molecule has 0 aromatic heterocycles. The van der Waals surface area contributed by atoms with E-state index in [2.05, 4.69) is 21.2 Å². The molecule has 2 aromatic rings. The first-order valence-corrected chi connectivity index (χ1v) is 12.8. The molecule has 0 heterocycles. The molecule has 168 valence electrons. The second-order valence-corrected chi connectivity index (χ2v) is 10.1. The molecule has 0 unspecified atom stereocenters. The maximum absolute atomic E-state index is 13.1. The van der Waals surface area contributed by atoms with Gasteiger partial charge in [0.2, 0.25) is 11.8 Å². The van der Waals surface area contributed by atoms with Gasteiger partial charge in [-0.15, -0.1) is 11.8 Å². The highest BCUT2D eigenvalue weighted by Crippen LogP contribution is 2.25. The minimum Gasteiger partial charge on any atom is -0.352 e. The Morgan fingerprint density at radius 3 is 2.48 bits per heavy atom. The molecule has 0 aliphatic heterocycles. The fourth-order valence-electron chi connectivity index (χ4n) is 2.85. The van der Waals surface area contributed by atoms with Gasteiger partial charge in [0.25, 0.3) is 0 Å². The standard InChI is InChI=1S/C23H27BrCl2N2O2S/c1-4-15(2)27-23(30)16(3)28(12-17-6-5-7-19(24)10-17)22(29)14-31-13-18-8-9-20(25)21(26)11-18/h5-11,15-16H,4,12-14H2,1-3H3,(H,27,30)/t15-,16+/m1/s1. The summed E-state index contributed by atoms with van der Waals surface area (Å²) in [5, 5.41) is 3.98. The first kappa shape index (κ1) is 26.0. The lowest BCUT2D eigenvalue weighted by Gasteiger charge is -2.29. The molecular weight excluding hydrogens is 519 g/mol. The van der Waals surface area contributed by atoms with Crippen molar-refractivity contribution in [2.45, 2.75) is 51.6 Å². The van der Waals surface area contributed by atoms with Crippen molar-refractivity contribution in [2.75, 3.05) is 5.75 Å². The third kappa shape index (κ3) is 8.33. The van der Waals surface area contributed by atoms with Crippen LogP contribution in [0.2, 0.25) is 10.0 Å². The zero-order chi connectivity index (χ0) is 23.0. The van der Waals surface area contributed by atoms with E-state index in [1.54, 1.807) is 17.9 Å². The van der Waals surface area contributed by atoms with E-state index in [9.17, 15) is 9.59 Å². The predicted molar refractivity (Wildman–Crippen MR) is 135 cm³/mol. The van der Waals surface area contributed by atoms with Crippen molar-refractivity contribution < 1.29 is 9.59 Å². The van der Waals surface area contributed by atoms with Crippen molar-refractivity contribution in [3.05, 3.63) is 68.1 Å². The van der Waals surface area contributed by atoms with E-state index in [1.807, 2.05) is 50.2 Å². The molecule has 0 saturated carbocycles. The van der Waals surface area contributed by atoms with Crippen molar-refractivity contribution in [3.8, 4) is 0 Å². The van der Waals surface area contributed by atoms with E-state index in [0.29, 0.717) is 22.3 Å². The zero-order valence-electron chi connectivity index (χ0n) is 17.8. The summed E-state index contributed by atoms with van der Waals surface area (Å²) in [7, 11) is 0. The molecule has 2 rings (SSSR count). The van der Waals surface area contributed by atoms with Crippen molar-refractivity contribution in [3.63, 3.8) is 0 Å². The maximum Gasteiger partial charge on any atom is 0.242 e. The first-order chi connectivity index (χ1) is 14.7. The number of carbonyl (C=O) groups is 2. The number of rotatable bonds is 10. The van der Waals surface area contributed by atoms with Crippen LogP contribution in [0.5, 0.6) is 0 Å². The van der Waals surface area contributed by atoms with Crippen LogP contribution in [-0.4, -0.2) is 34.6 Å². The van der Waals surface area contributed by atoms with Crippen molar-refractivity contribution in [1.29, 1.82) is 0 Å². The van der Waals surface area contributed by atoms with Crippen LogP contribution < -0.4 is 5.32 Å². The molecule has 2 atom stereocenters. The number of hydrogen-bond acceptors (Lipinski definition) is 3. The molecular formula is C23H27BrCl2N2O2S. The van der Waals surface area contributed by atoms with Crippen LogP contribution in [0.15, 0.2) is 46.9 Å². The number of amides is 2. The smallest absolute Gasteiger partial charge is 0.242 e. The number of hydrogen-bond donors (Lipinski definition) is 1. The van der Waals surface area contributed by atoms with Crippen LogP contribution in [0.1, 0.15) is 38.3 Å². The molecule has 0 fully saturated rings. The quantitative estimate of drug-likeness (QED) is 0.380. The number of nitrogens with zero attached hydrogens (tertiary/aromatic N) is 1. The van der Waals surface area contributed by atoms with Crippen LogP contribution in [-0.2, 0) is 21.9 Å². The van der Waals surface area contributed by atoms with Gasteiger partial charge in [-0.3, -0.25) is 9.59 Å². The van der Waals surface area contributed by atoms with Gasteiger partial charge in [-0.2, -0.15) is 0 Å². The molecule has 0 aliphatic rings.